The first-order chi connectivity index (χ1) is 13.3. The van der Waals surface area contributed by atoms with Crippen molar-refractivity contribution in [3.05, 3.63) is 58.7 Å². The Kier molecular flexibility index (Phi) is 7.52. The van der Waals surface area contributed by atoms with Gasteiger partial charge in [0.2, 0.25) is 0 Å². The van der Waals surface area contributed by atoms with E-state index < -0.39 is 11.9 Å². The number of benzene rings is 2. The standard InChI is InChI=1S/C21H24N2O4S/c1-5-26-19(24)15-8-10-17(20(25)27-6-2)18(12-15)23-21(28)22-16-9-7-13(3)14(4)11-16/h7-12H,5-6H2,1-4H3,(H2,22,23,28). The van der Waals surface area contributed by atoms with Crippen LogP contribution in [0.15, 0.2) is 36.4 Å². The number of rotatable bonds is 6. The number of hydrogen-bond donors (Lipinski definition) is 2. The number of hydrogen-bond acceptors (Lipinski definition) is 5. The second kappa shape index (κ2) is 9.85. The van der Waals surface area contributed by atoms with Gasteiger partial charge in [0, 0.05) is 5.69 Å². The van der Waals surface area contributed by atoms with Gasteiger partial charge < -0.3 is 20.1 Å². The minimum absolute atomic E-state index is 0.239. The van der Waals surface area contributed by atoms with E-state index in [0.29, 0.717) is 11.3 Å². The summed E-state index contributed by atoms with van der Waals surface area (Å²) >= 11 is 5.37. The van der Waals surface area contributed by atoms with E-state index in [1.54, 1.807) is 13.8 Å². The van der Waals surface area contributed by atoms with Crippen molar-refractivity contribution in [3.8, 4) is 0 Å². The summed E-state index contributed by atoms with van der Waals surface area (Å²) in [5.41, 5.74) is 4.08. The summed E-state index contributed by atoms with van der Waals surface area (Å²) in [5.74, 6) is -0.983. The van der Waals surface area contributed by atoms with E-state index in [2.05, 4.69) is 10.6 Å². The first-order valence-corrected chi connectivity index (χ1v) is 9.40. The first-order valence-electron chi connectivity index (χ1n) is 8.99. The lowest BCUT2D eigenvalue weighted by molar-refractivity contribution is 0.0512. The van der Waals surface area contributed by atoms with Gasteiger partial charge in [-0.05, 0) is 81.4 Å². The molecule has 7 heteroatoms. The van der Waals surface area contributed by atoms with E-state index in [1.165, 1.54) is 23.8 Å². The number of thiocarbonyl (C=S) groups is 1. The maximum Gasteiger partial charge on any atom is 0.340 e. The second-order valence-corrected chi connectivity index (χ2v) is 6.49. The smallest absolute Gasteiger partial charge is 0.340 e. The van der Waals surface area contributed by atoms with Gasteiger partial charge in [-0.1, -0.05) is 6.07 Å². The first kappa shape index (κ1) is 21.4. The monoisotopic (exact) mass is 400 g/mol. The molecule has 0 atom stereocenters. The molecule has 0 saturated heterocycles. The van der Waals surface area contributed by atoms with Crippen LogP contribution in [0.4, 0.5) is 11.4 Å². The van der Waals surface area contributed by atoms with Crippen LogP contribution < -0.4 is 10.6 Å². The van der Waals surface area contributed by atoms with Gasteiger partial charge in [0.25, 0.3) is 0 Å². The zero-order valence-electron chi connectivity index (χ0n) is 16.4. The fourth-order valence-corrected chi connectivity index (χ4v) is 2.71. The zero-order chi connectivity index (χ0) is 20.7. The number of carbonyl (C=O) groups is 2. The molecule has 0 amide bonds. The molecule has 0 fully saturated rings. The molecular formula is C21H24N2O4S. The van der Waals surface area contributed by atoms with Gasteiger partial charge in [-0.3, -0.25) is 0 Å². The summed E-state index contributed by atoms with van der Waals surface area (Å²) in [7, 11) is 0. The lowest BCUT2D eigenvalue weighted by atomic mass is 10.1. The molecule has 0 radical (unpaired) electrons. The normalized spacial score (nSPS) is 10.1. The SMILES string of the molecule is CCOC(=O)c1ccc(C(=O)OCC)c(NC(=S)Nc2ccc(C)c(C)c2)c1. The van der Waals surface area contributed by atoms with Crippen LogP contribution in [-0.2, 0) is 9.47 Å². The van der Waals surface area contributed by atoms with Crippen LogP contribution in [0.2, 0.25) is 0 Å². The minimum Gasteiger partial charge on any atom is -0.462 e. The van der Waals surface area contributed by atoms with Gasteiger partial charge >= 0.3 is 11.9 Å². The zero-order valence-corrected chi connectivity index (χ0v) is 17.2. The van der Waals surface area contributed by atoms with Crippen molar-refractivity contribution >= 4 is 40.6 Å². The molecule has 148 valence electrons. The fourth-order valence-electron chi connectivity index (χ4n) is 2.48. The Morgan fingerprint density at radius 3 is 2.21 bits per heavy atom. The van der Waals surface area contributed by atoms with E-state index in [-0.39, 0.29) is 23.9 Å². The molecule has 2 rings (SSSR count). The molecule has 0 unspecified atom stereocenters. The van der Waals surface area contributed by atoms with Gasteiger partial charge in [0.1, 0.15) is 0 Å². The van der Waals surface area contributed by atoms with E-state index in [1.807, 2.05) is 32.0 Å². The van der Waals surface area contributed by atoms with Crippen LogP contribution in [0.1, 0.15) is 45.7 Å². The third-order valence-electron chi connectivity index (χ3n) is 4.04. The summed E-state index contributed by atoms with van der Waals surface area (Å²) in [4.78, 5) is 24.3. The number of esters is 2. The average molecular weight is 401 g/mol. The van der Waals surface area contributed by atoms with Crippen molar-refractivity contribution in [1.29, 1.82) is 0 Å². The third-order valence-corrected chi connectivity index (χ3v) is 4.24. The van der Waals surface area contributed by atoms with Gasteiger partial charge in [-0.25, -0.2) is 9.59 Å². The molecule has 0 spiro atoms. The number of anilines is 2. The quantitative estimate of drug-likeness (QED) is 0.547. The van der Waals surface area contributed by atoms with Crippen molar-refractivity contribution < 1.29 is 19.1 Å². The summed E-state index contributed by atoms with van der Waals surface area (Å²) in [6, 6.07) is 10.5. The van der Waals surface area contributed by atoms with Gasteiger partial charge in [0.05, 0.1) is 30.0 Å². The van der Waals surface area contributed by atoms with Crippen molar-refractivity contribution in [3.63, 3.8) is 0 Å². The molecule has 0 heterocycles. The van der Waals surface area contributed by atoms with Crippen molar-refractivity contribution in [1.82, 2.24) is 0 Å². The molecule has 0 aliphatic carbocycles. The van der Waals surface area contributed by atoms with Crippen LogP contribution in [0.5, 0.6) is 0 Å². The van der Waals surface area contributed by atoms with Crippen LogP contribution in [0.3, 0.4) is 0 Å². The molecule has 0 saturated carbocycles. The fraction of sp³-hybridized carbons (Fsp3) is 0.286. The summed E-state index contributed by atoms with van der Waals surface area (Å²) in [6.07, 6.45) is 0. The molecule has 0 aliphatic rings. The highest BCUT2D eigenvalue weighted by atomic mass is 32.1. The molecule has 0 aliphatic heterocycles. The number of aryl methyl sites for hydroxylation is 2. The number of carbonyl (C=O) groups excluding carboxylic acids is 2. The predicted molar refractivity (Wildman–Crippen MR) is 114 cm³/mol. The Labute approximate surface area is 170 Å². The van der Waals surface area contributed by atoms with Crippen LogP contribution in [-0.4, -0.2) is 30.3 Å². The Hall–Kier alpha value is -2.93. The van der Waals surface area contributed by atoms with E-state index in [4.69, 9.17) is 21.7 Å². The lowest BCUT2D eigenvalue weighted by Crippen LogP contribution is -2.21. The van der Waals surface area contributed by atoms with Crippen molar-refractivity contribution in [2.24, 2.45) is 0 Å². The molecule has 2 N–H and O–H groups in total. The van der Waals surface area contributed by atoms with E-state index in [0.717, 1.165) is 11.3 Å². The molecule has 2 aromatic rings. The Morgan fingerprint density at radius 1 is 0.893 bits per heavy atom. The molecule has 2 aromatic carbocycles. The molecular weight excluding hydrogens is 376 g/mol. The third kappa shape index (κ3) is 5.53. The predicted octanol–water partition coefficient (Wildman–Crippen LogP) is 4.47. The molecule has 0 bridgehead atoms. The largest absolute Gasteiger partial charge is 0.462 e. The Balaban J connectivity index is 2.27. The van der Waals surface area contributed by atoms with Gasteiger partial charge in [-0.15, -0.1) is 0 Å². The topological polar surface area (TPSA) is 76.7 Å². The number of ether oxygens (including phenoxy) is 2. The van der Waals surface area contributed by atoms with Crippen molar-refractivity contribution in [2.75, 3.05) is 23.8 Å². The maximum atomic E-state index is 12.3. The Morgan fingerprint density at radius 2 is 1.57 bits per heavy atom. The Bertz CT molecular complexity index is 896. The lowest BCUT2D eigenvalue weighted by Gasteiger charge is -2.15. The minimum atomic E-state index is -0.505. The van der Waals surface area contributed by atoms with Crippen molar-refractivity contribution in [2.45, 2.75) is 27.7 Å². The highest BCUT2D eigenvalue weighted by molar-refractivity contribution is 7.80. The molecule has 6 nitrogen and oxygen atoms in total. The second-order valence-electron chi connectivity index (χ2n) is 6.08. The van der Waals surface area contributed by atoms with Crippen LogP contribution in [0, 0.1) is 13.8 Å². The van der Waals surface area contributed by atoms with Crippen LogP contribution >= 0.6 is 12.2 Å². The van der Waals surface area contributed by atoms with Gasteiger partial charge in [-0.2, -0.15) is 0 Å². The van der Waals surface area contributed by atoms with E-state index >= 15 is 0 Å². The molecule has 28 heavy (non-hydrogen) atoms. The maximum absolute atomic E-state index is 12.3. The van der Waals surface area contributed by atoms with E-state index in [9.17, 15) is 9.59 Å². The van der Waals surface area contributed by atoms with Gasteiger partial charge in [0.15, 0.2) is 5.11 Å². The average Bonchev–Trinajstić information content (AvgIpc) is 2.65. The highest BCUT2D eigenvalue weighted by Crippen LogP contribution is 2.21. The summed E-state index contributed by atoms with van der Waals surface area (Å²) < 4.78 is 10.1. The van der Waals surface area contributed by atoms with Crippen LogP contribution in [0.25, 0.3) is 0 Å². The summed E-state index contributed by atoms with van der Waals surface area (Å²) in [6.45, 7) is 7.99. The summed E-state index contributed by atoms with van der Waals surface area (Å²) in [5, 5.41) is 6.35. The molecule has 0 aromatic heterocycles. The highest BCUT2D eigenvalue weighted by Gasteiger charge is 2.17. The number of nitrogens with one attached hydrogen (secondary N) is 2.